The average molecular weight is 306 g/mol. The zero-order valence-corrected chi connectivity index (χ0v) is 13.2. The van der Waals surface area contributed by atoms with Crippen LogP contribution in [0, 0.1) is 5.82 Å². The highest BCUT2D eigenvalue weighted by Gasteiger charge is 2.23. The van der Waals surface area contributed by atoms with Gasteiger partial charge in [0.15, 0.2) is 0 Å². The van der Waals surface area contributed by atoms with Crippen molar-refractivity contribution in [1.82, 2.24) is 5.32 Å². The van der Waals surface area contributed by atoms with E-state index in [1.54, 1.807) is 12.1 Å². The van der Waals surface area contributed by atoms with Gasteiger partial charge in [-0.15, -0.1) is 11.3 Å². The highest BCUT2D eigenvalue weighted by atomic mass is 32.1. The predicted octanol–water partition coefficient (Wildman–Crippen LogP) is 3.84. The van der Waals surface area contributed by atoms with Crippen molar-refractivity contribution < 1.29 is 9.18 Å². The second-order valence-corrected chi connectivity index (χ2v) is 6.26. The summed E-state index contributed by atoms with van der Waals surface area (Å²) in [6, 6.07) is 6.19. The highest BCUT2D eigenvalue weighted by Crippen LogP contribution is 2.39. The van der Waals surface area contributed by atoms with Crippen LogP contribution in [-0.4, -0.2) is 11.9 Å². The molecule has 0 fully saturated rings. The van der Waals surface area contributed by atoms with Gasteiger partial charge in [-0.05, 0) is 38.0 Å². The van der Waals surface area contributed by atoms with Crippen LogP contribution < -0.4 is 11.1 Å². The third-order valence-corrected chi connectivity index (χ3v) is 4.27. The summed E-state index contributed by atoms with van der Waals surface area (Å²) < 4.78 is 13.1. The number of nitrogens with two attached hydrogens (primary N) is 1. The third kappa shape index (κ3) is 3.24. The van der Waals surface area contributed by atoms with Gasteiger partial charge in [-0.1, -0.05) is 19.1 Å². The van der Waals surface area contributed by atoms with Crippen LogP contribution in [-0.2, 0) is 6.42 Å². The molecule has 0 radical (unpaired) electrons. The zero-order valence-electron chi connectivity index (χ0n) is 12.4. The second-order valence-electron chi connectivity index (χ2n) is 5.13. The predicted molar refractivity (Wildman–Crippen MR) is 86.1 cm³/mol. The van der Waals surface area contributed by atoms with E-state index in [-0.39, 0.29) is 17.8 Å². The zero-order chi connectivity index (χ0) is 15.6. The summed E-state index contributed by atoms with van der Waals surface area (Å²) in [5, 5.41) is 3.38. The molecule has 0 atom stereocenters. The number of carbonyl (C=O) groups is 1. The Kier molecular flexibility index (Phi) is 4.63. The molecule has 1 aromatic heterocycles. The van der Waals surface area contributed by atoms with Crippen LogP contribution in [0.25, 0.3) is 11.1 Å². The molecule has 0 aliphatic rings. The number of nitrogen functional groups attached to an aromatic ring is 1. The summed E-state index contributed by atoms with van der Waals surface area (Å²) in [7, 11) is 0. The molecule has 0 aliphatic carbocycles. The monoisotopic (exact) mass is 306 g/mol. The first kappa shape index (κ1) is 15.5. The SMILES string of the molecule is CCc1sc(N)c(C(=O)NC(C)C)c1-c1ccc(F)cc1. The van der Waals surface area contributed by atoms with Crippen molar-refractivity contribution >= 4 is 22.2 Å². The van der Waals surface area contributed by atoms with E-state index in [9.17, 15) is 9.18 Å². The van der Waals surface area contributed by atoms with Crippen molar-refractivity contribution in [2.24, 2.45) is 0 Å². The van der Waals surface area contributed by atoms with Crippen molar-refractivity contribution in [2.45, 2.75) is 33.2 Å². The molecule has 3 nitrogen and oxygen atoms in total. The maximum atomic E-state index is 13.1. The Morgan fingerprint density at radius 3 is 2.48 bits per heavy atom. The molecule has 0 aliphatic heterocycles. The van der Waals surface area contributed by atoms with Crippen LogP contribution in [0.4, 0.5) is 9.39 Å². The molecule has 3 N–H and O–H groups in total. The van der Waals surface area contributed by atoms with Gasteiger partial charge < -0.3 is 11.1 Å². The topological polar surface area (TPSA) is 55.1 Å². The summed E-state index contributed by atoms with van der Waals surface area (Å²) >= 11 is 1.42. The molecule has 2 rings (SSSR count). The van der Waals surface area contributed by atoms with Crippen LogP contribution in [0.2, 0.25) is 0 Å². The van der Waals surface area contributed by atoms with Gasteiger partial charge >= 0.3 is 0 Å². The Hall–Kier alpha value is -1.88. The van der Waals surface area contributed by atoms with Gasteiger partial charge in [-0.25, -0.2) is 4.39 Å². The fourth-order valence-electron chi connectivity index (χ4n) is 2.23. The molecule has 0 unspecified atom stereocenters. The average Bonchev–Trinajstić information content (AvgIpc) is 2.75. The van der Waals surface area contributed by atoms with Crippen molar-refractivity contribution in [1.29, 1.82) is 0 Å². The van der Waals surface area contributed by atoms with Gasteiger partial charge in [-0.3, -0.25) is 4.79 Å². The van der Waals surface area contributed by atoms with Crippen LogP contribution in [0.3, 0.4) is 0 Å². The number of rotatable bonds is 4. The van der Waals surface area contributed by atoms with E-state index in [2.05, 4.69) is 5.32 Å². The fraction of sp³-hybridized carbons (Fsp3) is 0.312. The van der Waals surface area contributed by atoms with E-state index in [1.165, 1.54) is 23.5 Å². The number of nitrogens with one attached hydrogen (secondary N) is 1. The number of amides is 1. The van der Waals surface area contributed by atoms with E-state index in [4.69, 9.17) is 5.73 Å². The molecule has 0 saturated carbocycles. The van der Waals surface area contributed by atoms with Crippen molar-refractivity contribution in [3.05, 3.63) is 40.5 Å². The first-order valence-corrected chi connectivity index (χ1v) is 7.73. The van der Waals surface area contributed by atoms with E-state index < -0.39 is 0 Å². The Bertz CT molecular complexity index is 647. The Morgan fingerprint density at radius 2 is 1.95 bits per heavy atom. The quantitative estimate of drug-likeness (QED) is 0.901. The standard InChI is InChI=1S/C16H19FN2OS/c1-4-12-13(10-5-7-11(17)8-6-10)14(15(18)21-12)16(20)19-9(2)3/h5-9H,4,18H2,1-3H3,(H,19,20). The minimum atomic E-state index is -0.298. The first-order chi connectivity index (χ1) is 9.93. The smallest absolute Gasteiger partial charge is 0.255 e. The Balaban J connectivity index is 2.57. The minimum Gasteiger partial charge on any atom is -0.390 e. The van der Waals surface area contributed by atoms with E-state index in [0.29, 0.717) is 10.6 Å². The molecule has 0 saturated heterocycles. The van der Waals surface area contributed by atoms with Crippen LogP contribution >= 0.6 is 11.3 Å². The number of aryl methyl sites for hydroxylation is 1. The third-order valence-electron chi connectivity index (χ3n) is 3.11. The van der Waals surface area contributed by atoms with Crippen LogP contribution in [0.1, 0.15) is 36.0 Å². The van der Waals surface area contributed by atoms with E-state index in [0.717, 1.165) is 22.4 Å². The second kappa shape index (κ2) is 6.26. The number of thiophene rings is 1. The maximum Gasteiger partial charge on any atom is 0.255 e. The van der Waals surface area contributed by atoms with E-state index >= 15 is 0 Å². The number of anilines is 1. The number of benzene rings is 1. The largest absolute Gasteiger partial charge is 0.390 e. The number of carbonyl (C=O) groups excluding carboxylic acids is 1. The Labute approximate surface area is 128 Å². The van der Waals surface area contributed by atoms with Gasteiger partial charge in [0.2, 0.25) is 0 Å². The van der Waals surface area contributed by atoms with Gasteiger partial charge in [0.05, 0.1) is 10.6 Å². The normalized spacial score (nSPS) is 10.9. The molecule has 0 bridgehead atoms. The Morgan fingerprint density at radius 1 is 1.33 bits per heavy atom. The first-order valence-electron chi connectivity index (χ1n) is 6.92. The molecule has 1 aromatic carbocycles. The summed E-state index contributed by atoms with van der Waals surface area (Å²) in [5.41, 5.74) is 8.18. The molecular formula is C16H19FN2OS. The van der Waals surface area contributed by atoms with Crippen molar-refractivity contribution in [2.75, 3.05) is 5.73 Å². The molecule has 1 heterocycles. The lowest BCUT2D eigenvalue weighted by atomic mass is 9.99. The number of hydrogen-bond donors (Lipinski definition) is 2. The molecule has 1 amide bonds. The van der Waals surface area contributed by atoms with Crippen LogP contribution in [0.15, 0.2) is 24.3 Å². The molecule has 5 heteroatoms. The van der Waals surface area contributed by atoms with Gasteiger partial charge in [0.25, 0.3) is 5.91 Å². The minimum absolute atomic E-state index is 0.0305. The summed E-state index contributed by atoms with van der Waals surface area (Å²) in [6.45, 7) is 5.82. The van der Waals surface area contributed by atoms with E-state index in [1.807, 2.05) is 20.8 Å². The van der Waals surface area contributed by atoms with Gasteiger partial charge in [0, 0.05) is 16.5 Å². The molecule has 21 heavy (non-hydrogen) atoms. The number of hydrogen-bond acceptors (Lipinski definition) is 3. The summed E-state index contributed by atoms with van der Waals surface area (Å²) in [4.78, 5) is 13.4. The molecule has 2 aromatic rings. The lowest BCUT2D eigenvalue weighted by Crippen LogP contribution is -2.30. The molecular weight excluding hydrogens is 287 g/mol. The van der Waals surface area contributed by atoms with Crippen LogP contribution in [0.5, 0.6) is 0 Å². The van der Waals surface area contributed by atoms with Crippen molar-refractivity contribution in [3.8, 4) is 11.1 Å². The summed E-state index contributed by atoms with van der Waals surface area (Å²) in [5.74, 6) is -0.481. The van der Waals surface area contributed by atoms with Gasteiger partial charge in [-0.2, -0.15) is 0 Å². The lowest BCUT2D eigenvalue weighted by molar-refractivity contribution is 0.0945. The number of halogens is 1. The van der Waals surface area contributed by atoms with Gasteiger partial charge in [0.1, 0.15) is 5.82 Å². The maximum absolute atomic E-state index is 13.1. The lowest BCUT2D eigenvalue weighted by Gasteiger charge is -2.11. The molecule has 0 spiro atoms. The fourth-order valence-corrected chi connectivity index (χ4v) is 3.26. The van der Waals surface area contributed by atoms with Crippen molar-refractivity contribution in [3.63, 3.8) is 0 Å². The molecule has 112 valence electrons. The highest BCUT2D eigenvalue weighted by molar-refractivity contribution is 7.17. The summed E-state index contributed by atoms with van der Waals surface area (Å²) in [6.07, 6.45) is 0.774.